The van der Waals surface area contributed by atoms with E-state index in [1.165, 1.54) is 0 Å². The van der Waals surface area contributed by atoms with E-state index in [9.17, 15) is 5.11 Å². The largest absolute Gasteiger partial charge is 0.389 e. The zero-order chi connectivity index (χ0) is 13.9. The van der Waals surface area contributed by atoms with Gasteiger partial charge < -0.3 is 19.9 Å². The van der Waals surface area contributed by atoms with Crippen LogP contribution in [0.5, 0.6) is 0 Å². The fourth-order valence-corrected chi connectivity index (χ4v) is 2.16. The standard InChI is InChI=1S/C15H23NO3/c1-11(17)12-4-6-13(7-5-12)16-9-8-14-10-18-15(2,3)19-14/h4-7,11,14,16-17H,8-10H2,1-3H3/t11-,14?/m0/s1. The summed E-state index contributed by atoms with van der Waals surface area (Å²) in [5.41, 5.74) is 1.99. The second kappa shape index (κ2) is 5.90. The molecule has 0 spiro atoms. The quantitative estimate of drug-likeness (QED) is 0.859. The highest BCUT2D eigenvalue weighted by atomic mass is 16.7. The molecule has 1 aromatic carbocycles. The van der Waals surface area contributed by atoms with Gasteiger partial charge in [-0.3, -0.25) is 0 Å². The Bertz CT molecular complexity index is 400. The molecule has 1 aliphatic rings. The van der Waals surface area contributed by atoms with Gasteiger partial charge in [-0.25, -0.2) is 0 Å². The van der Waals surface area contributed by atoms with Gasteiger partial charge in [-0.1, -0.05) is 12.1 Å². The summed E-state index contributed by atoms with van der Waals surface area (Å²) in [6, 6.07) is 7.84. The number of aliphatic hydroxyl groups excluding tert-OH is 1. The molecule has 19 heavy (non-hydrogen) atoms. The lowest BCUT2D eigenvalue weighted by Gasteiger charge is -2.17. The number of nitrogens with one attached hydrogen (secondary N) is 1. The summed E-state index contributed by atoms with van der Waals surface area (Å²) < 4.78 is 11.3. The Labute approximate surface area is 114 Å². The fraction of sp³-hybridized carbons (Fsp3) is 0.600. The van der Waals surface area contributed by atoms with Gasteiger partial charge in [0.2, 0.25) is 0 Å². The smallest absolute Gasteiger partial charge is 0.163 e. The van der Waals surface area contributed by atoms with Crippen molar-refractivity contribution in [2.75, 3.05) is 18.5 Å². The van der Waals surface area contributed by atoms with Gasteiger partial charge in [0, 0.05) is 12.2 Å². The molecule has 1 aliphatic heterocycles. The number of rotatable bonds is 5. The minimum atomic E-state index is -0.441. The van der Waals surface area contributed by atoms with Gasteiger partial charge in [-0.2, -0.15) is 0 Å². The van der Waals surface area contributed by atoms with Crippen molar-refractivity contribution in [1.29, 1.82) is 0 Å². The Balaban J connectivity index is 1.74. The first-order chi connectivity index (χ1) is 8.96. The SMILES string of the molecule is C[C@H](O)c1ccc(NCCC2COC(C)(C)O2)cc1. The summed E-state index contributed by atoms with van der Waals surface area (Å²) in [4.78, 5) is 0. The van der Waals surface area contributed by atoms with Crippen LogP contribution in [0.4, 0.5) is 5.69 Å². The van der Waals surface area contributed by atoms with Crippen molar-refractivity contribution >= 4 is 5.69 Å². The Morgan fingerprint density at radius 1 is 1.37 bits per heavy atom. The normalized spacial score (nSPS) is 23.3. The van der Waals surface area contributed by atoms with Crippen molar-refractivity contribution in [2.24, 2.45) is 0 Å². The lowest BCUT2D eigenvalue weighted by atomic mass is 10.1. The zero-order valence-corrected chi connectivity index (χ0v) is 11.8. The van der Waals surface area contributed by atoms with Gasteiger partial charge in [0.1, 0.15) is 0 Å². The van der Waals surface area contributed by atoms with E-state index in [-0.39, 0.29) is 6.10 Å². The summed E-state index contributed by atoms with van der Waals surface area (Å²) in [6.07, 6.45) is 0.668. The Morgan fingerprint density at radius 2 is 2.05 bits per heavy atom. The molecule has 0 bridgehead atoms. The molecule has 1 saturated heterocycles. The first-order valence-corrected chi connectivity index (χ1v) is 6.80. The van der Waals surface area contributed by atoms with Crippen molar-refractivity contribution in [2.45, 2.75) is 45.2 Å². The summed E-state index contributed by atoms with van der Waals surface area (Å²) in [6.45, 7) is 7.15. The maximum atomic E-state index is 9.43. The minimum absolute atomic E-state index is 0.166. The van der Waals surface area contributed by atoms with Crippen molar-refractivity contribution in [1.82, 2.24) is 0 Å². The maximum Gasteiger partial charge on any atom is 0.163 e. The third kappa shape index (κ3) is 4.20. The Morgan fingerprint density at radius 3 is 2.58 bits per heavy atom. The van der Waals surface area contributed by atoms with E-state index < -0.39 is 11.9 Å². The molecule has 1 fully saturated rings. The predicted octanol–water partition coefficient (Wildman–Crippen LogP) is 2.69. The number of hydrogen-bond acceptors (Lipinski definition) is 4. The minimum Gasteiger partial charge on any atom is -0.389 e. The van der Waals surface area contributed by atoms with E-state index >= 15 is 0 Å². The van der Waals surface area contributed by atoms with Gasteiger partial charge in [0.25, 0.3) is 0 Å². The average molecular weight is 265 g/mol. The highest BCUT2D eigenvalue weighted by molar-refractivity contribution is 5.44. The molecule has 0 saturated carbocycles. The van der Waals surface area contributed by atoms with Crippen LogP contribution >= 0.6 is 0 Å². The number of ether oxygens (including phenoxy) is 2. The molecule has 2 atom stereocenters. The van der Waals surface area contributed by atoms with Crippen LogP contribution in [0.25, 0.3) is 0 Å². The first-order valence-electron chi connectivity index (χ1n) is 6.80. The van der Waals surface area contributed by atoms with Crippen LogP contribution in [0.2, 0.25) is 0 Å². The number of anilines is 1. The van der Waals surface area contributed by atoms with E-state index in [2.05, 4.69) is 5.32 Å². The lowest BCUT2D eigenvalue weighted by molar-refractivity contribution is -0.138. The molecule has 1 aromatic rings. The maximum absolute atomic E-state index is 9.43. The molecule has 0 aliphatic carbocycles. The van der Waals surface area contributed by atoms with Gasteiger partial charge >= 0.3 is 0 Å². The lowest BCUT2D eigenvalue weighted by Crippen LogP contribution is -2.22. The van der Waals surface area contributed by atoms with Crippen molar-refractivity contribution in [3.8, 4) is 0 Å². The molecular weight excluding hydrogens is 242 g/mol. The highest BCUT2D eigenvalue weighted by Crippen LogP contribution is 2.24. The van der Waals surface area contributed by atoms with Crippen LogP contribution in [0.1, 0.15) is 38.9 Å². The molecule has 0 amide bonds. The topological polar surface area (TPSA) is 50.7 Å². The first kappa shape index (κ1) is 14.3. The zero-order valence-electron chi connectivity index (χ0n) is 11.8. The fourth-order valence-electron chi connectivity index (χ4n) is 2.16. The molecule has 2 N–H and O–H groups in total. The molecular formula is C15H23NO3. The number of hydrogen-bond donors (Lipinski definition) is 2. The monoisotopic (exact) mass is 265 g/mol. The Kier molecular flexibility index (Phi) is 4.45. The average Bonchev–Trinajstić information content (AvgIpc) is 2.69. The summed E-state index contributed by atoms with van der Waals surface area (Å²) in [5.74, 6) is -0.441. The third-order valence-corrected chi connectivity index (χ3v) is 3.26. The van der Waals surface area contributed by atoms with Crippen molar-refractivity contribution in [3.63, 3.8) is 0 Å². The van der Waals surface area contributed by atoms with Crippen LogP contribution in [-0.4, -0.2) is 30.1 Å². The number of aliphatic hydroxyl groups is 1. The summed E-state index contributed by atoms with van der Waals surface area (Å²) >= 11 is 0. The number of benzene rings is 1. The van der Waals surface area contributed by atoms with E-state index in [1.807, 2.05) is 38.1 Å². The predicted molar refractivity (Wildman–Crippen MR) is 75.1 cm³/mol. The van der Waals surface area contributed by atoms with Crippen LogP contribution in [0.15, 0.2) is 24.3 Å². The van der Waals surface area contributed by atoms with Crippen molar-refractivity contribution < 1.29 is 14.6 Å². The van der Waals surface area contributed by atoms with E-state index in [1.54, 1.807) is 6.92 Å². The molecule has 4 nitrogen and oxygen atoms in total. The Hall–Kier alpha value is -1.10. The summed E-state index contributed by atoms with van der Waals surface area (Å²) in [7, 11) is 0. The second-order valence-corrected chi connectivity index (χ2v) is 5.46. The van der Waals surface area contributed by atoms with Gasteiger partial charge in [-0.15, -0.1) is 0 Å². The van der Waals surface area contributed by atoms with Crippen LogP contribution in [0, 0.1) is 0 Å². The van der Waals surface area contributed by atoms with E-state index in [0.717, 1.165) is 24.2 Å². The third-order valence-electron chi connectivity index (χ3n) is 3.26. The van der Waals surface area contributed by atoms with Gasteiger partial charge in [-0.05, 0) is 44.9 Å². The van der Waals surface area contributed by atoms with Crippen LogP contribution in [-0.2, 0) is 9.47 Å². The van der Waals surface area contributed by atoms with Gasteiger partial charge in [0.15, 0.2) is 5.79 Å². The molecule has 106 valence electrons. The molecule has 0 radical (unpaired) electrons. The van der Waals surface area contributed by atoms with Crippen LogP contribution in [0.3, 0.4) is 0 Å². The van der Waals surface area contributed by atoms with E-state index in [4.69, 9.17) is 9.47 Å². The molecule has 4 heteroatoms. The van der Waals surface area contributed by atoms with E-state index in [0.29, 0.717) is 6.61 Å². The van der Waals surface area contributed by atoms with Crippen molar-refractivity contribution in [3.05, 3.63) is 29.8 Å². The second-order valence-electron chi connectivity index (χ2n) is 5.46. The molecule has 1 heterocycles. The summed E-state index contributed by atoms with van der Waals surface area (Å²) in [5, 5.41) is 12.8. The molecule has 0 aromatic heterocycles. The van der Waals surface area contributed by atoms with Crippen LogP contribution < -0.4 is 5.32 Å². The molecule has 1 unspecified atom stereocenters. The highest BCUT2D eigenvalue weighted by Gasteiger charge is 2.31. The van der Waals surface area contributed by atoms with Gasteiger partial charge in [0.05, 0.1) is 18.8 Å². The molecule has 2 rings (SSSR count).